The minimum Gasteiger partial charge on any atom is -0.385 e. The Balaban J connectivity index is 1.75. The third kappa shape index (κ3) is 5.96. The lowest BCUT2D eigenvalue weighted by atomic mass is 9.89. The number of halogens is 2. The number of amides is 1. The van der Waals surface area contributed by atoms with Crippen molar-refractivity contribution in [2.75, 3.05) is 17.2 Å². The quantitative estimate of drug-likeness (QED) is 0.510. The molecule has 3 nitrogen and oxygen atoms in total. The van der Waals surface area contributed by atoms with E-state index in [0.717, 1.165) is 29.3 Å². The van der Waals surface area contributed by atoms with Gasteiger partial charge in [0.25, 0.3) is 5.76 Å². The molecule has 0 atom stereocenters. The van der Waals surface area contributed by atoms with Gasteiger partial charge < -0.3 is 10.6 Å². The third-order valence-electron chi connectivity index (χ3n) is 5.04. The summed E-state index contributed by atoms with van der Waals surface area (Å²) < 4.78 is 25.5. The second-order valence-corrected chi connectivity index (χ2v) is 8.29. The molecule has 6 heteroatoms. The van der Waals surface area contributed by atoms with Crippen LogP contribution in [0.25, 0.3) is 11.1 Å². The highest BCUT2D eigenvalue weighted by atomic mass is 32.2. The zero-order valence-corrected chi connectivity index (χ0v) is 16.8. The smallest absolute Gasteiger partial charge is 0.288 e. The van der Waals surface area contributed by atoms with E-state index in [2.05, 4.69) is 10.6 Å². The molecule has 0 bridgehead atoms. The Morgan fingerprint density at radius 3 is 2.46 bits per heavy atom. The van der Waals surface area contributed by atoms with Gasteiger partial charge >= 0.3 is 0 Å². The maximum absolute atomic E-state index is 12.7. The fourth-order valence-corrected chi connectivity index (χ4v) is 4.20. The highest BCUT2D eigenvalue weighted by Crippen LogP contribution is 2.35. The molecule has 0 saturated heterocycles. The van der Waals surface area contributed by atoms with Crippen molar-refractivity contribution in [3.63, 3.8) is 0 Å². The van der Waals surface area contributed by atoms with Crippen LogP contribution in [0.5, 0.6) is 0 Å². The number of benzene rings is 2. The van der Waals surface area contributed by atoms with Crippen molar-refractivity contribution in [3.8, 4) is 11.1 Å². The van der Waals surface area contributed by atoms with Crippen LogP contribution >= 0.6 is 11.8 Å². The van der Waals surface area contributed by atoms with Crippen molar-refractivity contribution in [2.45, 2.75) is 49.7 Å². The first-order valence-corrected chi connectivity index (χ1v) is 10.6. The molecule has 28 heavy (non-hydrogen) atoms. The summed E-state index contributed by atoms with van der Waals surface area (Å²) in [4.78, 5) is 12.0. The van der Waals surface area contributed by atoms with Gasteiger partial charge in [0.2, 0.25) is 5.91 Å². The summed E-state index contributed by atoms with van der Waals surface area (Å²) in [5.74, 6) is -1.94. The predicted molar refractivity (Wildman–Crippen MR) is 113 cm³/mol. The van der Waals surface area contributed by atoms with Crippen LogP contribution in [0.4, 0.5) is 20.2 Å². The van der Waals surface area contributed by atoms with Crippen molar-refractivity contribution < 1.29 is 13.6 Å². The molecule has 0 heterocycles. The number of carbonyl (C=O) groups excluding carboxylic acids is 1. The average Bonchev–Trinajstić information content (AvgIpc) is 2.68. The molecule has 1 fully saturated rings. The van der Waals surface area contributed by atoms with E-state index >= 15 is 0 Å². The van der Waals surface area contributed by atoms with Gasteiger partial charge in [-0.3, -0.25) is 4.79 Å². The lowest BCUT2D eigenvalue weighted by Gasteiger charge is -2.22. The number of rotatable bonds is 7. The predicted octanol–water partition coefficient (Wildman–Crippen LogP) is 6.62. The topological polar surface area (TPSA) is 41.1 Å². The monoisotopic (exact) mass is 404 g/mol. The van der Waals surface area contributed by atoms with E-state index in [1.54, 1.807) is 18.2 Å². The van der Waals surface area contributed by atoms with Gasteiger partial charge in [-0.15, -0.1) is 0 Å². The molecule has 1 aliphatic carbocycles. The zero-order valence-electron chi connectivity index (χ0n) is 16.0. The van der Waals surface area contributed by atoms with Gasteiger partial charge in [-0.2, -0.15) is 8.78 Å². The van der Waals surface area contributed by atoms with Crippen LogP contribution in [-0.4, -0.2) is 18.2 Å². The van der Waals surface area contributed by atoms with Gasteiger partial charge in [-0.1, -0.05) is 43.2 Å². The first-order valence-electron chi connectivity index (χ1n) is 9.72. The van der Waals surface area contributed by atoms with Crippen molar-refractivity contribution in [1.29, 1.82) is 0 Å². The summed E-state index contributed by atoms with van der Waals surface area (Å²) in [5.41, 5.74) is 3.28. The van der Waals surface area contributed by atoms with Crippen LogP contribution < -0.4 is 10.6 Å². The summed E-state index contributed by atoms with van der Waals surface area (Å²) in [6.45, 7) is 2.42. The Labute approximate surface area is 169 Å². The minimum atomic E-state index is -2.48. The van der Waals surface area contributed by atoms with Crippen LogP contribution in [-0.2, 0) is 4.79 Å². The number of thioether (sulfide) groups is 1. The number of alkyl halides is 2. The Morgan fingerprint density at radius 2 is 1.82 bits per heavy atom. The Hall–Kier alpha value is -2.08. The van der Waals surface area contributed by atoms with E-state index in [4.69, 9.17) is 0 Å². The molecule has 3 rings (SSSR count). The highest BCUT2D eigenvalue weighted by Gasteiger charge is 2.14. The van der Waals surface area contributed by atoms with Crippen molar-refractivity contribution in [3.05, 3.63) is 42.5 Å². The molecule has 0 unspecified atom stereocenters. The minimum absolute atomic E-state index is 0.193. The summed E-state index contributed by atoms with van der Waals surface area (Å²) in [7, 11) is 0. The van der Waals surface area contributed by atoms with E-state index in [1.165, 1.54) is 39.0 Å². The molecule has 0 spiro atoms. The van der Waals surface area contributed by atoms with Gasteiger partial charge in [0.1, 0.15) is 0 Å². The Morgan fingerprint density at radius 1 is 1.11 bits per heavy atom. The van der Waals surface area contributed by atoms with E-state index in [-0.39, 0.29) is 5.91 Å². The van der Waals surface area contributed by atoms with Crippen LogP contribution in [0.3, 0.4) is 0 Å². The van der Waals surface area contributed by atoms with Crippen molar-refractivity contribution in [2.24, 2.45) is 5.92 Å². The van der Waals surface area contributed by atoms with E-state index in [1.807, 2.05) is 24.3 Å². The van der Waals surface area contributed by atoms with Crippen LogP contribution in [0.2, 0.25) is 0 Å². The molecular formula is C22H26F2N2OS. The molecule has 2 N–H and O–H groups in total. The largest absolute Gasteiger partial charge is 0.385 e. The number of carbonyl (C=O) groups is 1. The van der Waals surface area contributed by atoms with Crippen LogP contribution in [0.1, 0.15) is 39.0 Å². The van der Waals surface area contributed by atoms with Gasteiger partial charge in [0.05, 0.1) is 0 Å². The molecule has 1 aliphatic rings. The van der Waals surface area contributed by atoms with E-state index in [9.17, 15) is 13.6 Å². The fourth-order valence-electron chi connectivity index (χ4n) is 3.66. The van der Waals surface area contributed by atoms with Crippen LogP contribution in [0, 0.1) is 5.92 Å². The van der Waals surface area contributed by atoms with E-state index in [0.29, 0.717) is 22.3 Å². The summed E-state index contributed by atoms with van der Waals surface area (Å²) >= 11 is 0.504. The zero-order chi connectivity index (χ0) is 19.9. The maximum atomic E-state index is 12.7. The number of hydrogen-bond donors (Lipinski definition) is 2. The number of nitrogens with one attached hydrogen (secondary N) is 2. The highest BCUT2D eigenvalue weighted by molar-refractivity contribution is 7.99. The Kier molecular flexibility index (Phi) is 7.31. The second-order valence-electron chi connectivity index (χ2n) is 7.23. The lowest BCUT2D eigenvalue weighted by molar-refractivity contribution is -0.114. The third-order valence-corrected chi connectivity index (χ3v) is 5.75. The molecule has 150 valence electrons. The maximum Gasteiger partial charge on any atom is 0.288 e. The second kappa shape index (κ2) is 9.92. The van der Waals surface area contributed by atoms with Gasteiger partial charge in [-0.25, -0.2) is 0 Å². The summed E-state index contributed by atoms with van der Waals surface area (Å²) in [5, 5.41) is 6.29. The molecule has 0 radical (unpaired) electrons. The van der Waals surface area contributed by atoms with Crippen molar-refractivity contribution >= 4 is 29.0 Å². The Bertz CT molecular complexity index is 790. The first-order chi connectivity index (χ1) is 13.5. The summed E-state index contributed by atoms with van der Waals surface area (Å²) in [6.07, 6.45) is 6.58. The van der Waals surface area contributed by atoms with E-state index < -0.39 is 5.76 Å². The first kappa shape index (κ1) is 20.6. The standard InChI is InChI=1S/C22H26F2N2OS/c1-15(27)26-21-12-11-19(28-22(23)24)13-20(21)17-7-9-18(10-8-17)25-14-16-5-3-2-4-6-16/h7-13,16,22,25H,2-6,14H2,1H3,(H,26,27). The molecule has 2 aromatic rings. The van der Waals surface area contributed by atoms with Crippen molar-refractivity contribution in [1.82, 2.24) is 0 Å². The van der Waals surface area contributed by atoms with Gasteiger partial charge in [0, 0.05) is 35.3 Å². The molecule has 0 aromatic heterocycles. The van der Waals surface area contributed by atoms with Gasteiger partial charge in [0.15, 0.2) is 0 Å². The normalized spacial score (nSPS) is 14.9. The number of anilines is 2. The number of hydrogen-bond acceptors (Lipinski definition) is 3. The molecule has 1 amide bonds. The van der Waals surface area contributed by atoms with Gasteiger partial charge in [-0.05, 0) is 54.7 Å². The molecule has 0 aliphatic heterocycles. The average molecular weight is 405 g/mol. The molecular weight excluding hydrogens is 378 g/mol. The molecule has 2 aromatic carbocycles. The van der Waals surface area contributed by atoms with Crippen LogP contribution in [0.15, 0.2) is 47.4 Å². The lowest BCUT2D eigenvalue weighted by Crippen LogP contribution is -2.16. The summed E-state index contributed by atoms with van der Waals surface area (Å²) in [6, 6.07) is 12.9. The SMILES string of the molecule is CC(=O)Nc1ccc(SC(F)F)cc1-c1ccc(NCC2CCCCC2)cc1. The fraction of sp³-hybridized carbons (Fsp3) is 0.409. The molecule has 1 saturated carbocycles.